The number of hydrazone groups is 1. The van der Waals surface area contributed by atoms with Gasteiger partial charge in [0, 0.05) is 30.3 Å². The summed E-state index contributed by atoms with van der Waals surface area (Å²) in [5.74, 6) is -0.606. The van der Waals surface area contributed by atoms with Gasteiger partial charge in [-0.1, -0.05) is 30.2 Å². The number of benzene rings is 2. The van der Waals surface area contributed by atoms with Crippen molar-refractivity contribution in [2.45, 2.75) is 24.2 Å². The number of piperidine rings is 1. The molecule has 0 spiro atoms. The molecule has 0 aliphatic carbocycles. The van der Waals surface area contributed by atoms with E-state index in [2.05, 4.69) is 10.5 Å². The number of nitrogens with zero attached hydrogens (tertiary/aromatic N) is 3. The molecule has 1 fully saturated rings. The minimum absolute atomic E-state index is 0.00656. The Labute approximate surface area is 178 Å². The molecular weight excluding hydrogens is 432 g/mol. The highest BCUT2D eigenvalue weighted by Crippen LogP contribution is 2.24. The maximum absolute atomic E-state index is 12.8. The summed E-state index contributed by atoms with van der Waals surface area (Å²) in [6, 6.07) is 9.84. The molecule has 2 aromatic carbocycles. The highest BCUT2D eigenvalue weighted by molar-refractivity contribution is 7.89. The van der Waals surface area contributed by atoms with Gasteiger partial charge in [-0.15, -0.1) is 0 Å². The molecule has 0 radical (unpaired) electrons. The largest absolute Gasteiger partial charge is 0.288 e. The number of rotatable bonds is 6. The first-order chi connectivity index (χ1) is 14.3. The zero-order valence-electron chi connectivity index (χ0n) is 15.8. The van der Waals surface area contributed by atoms with E-state index in [1.807, 2.05) is 0 Å². The molecule has 1 aliphatic heterocycles. The van der Waals surface area contributed by atoms with Crippen LogP contribution in [0.3, 0.4) is 0 Å². The summed E-state index contributed by atoms with van der Waals surface area (Å²) < 4.78 is 27.0. The number of hydrogen-bond acceptors (Lipinski definition) is 6. The third kappa shape index (κ3) is 5.02. The van der Waals surface area contributed by atoms with E-state index >= 15 is 0 Å². The van der Waals surface area contributed by atoms with Crippen molar-refractivity contribution < 1.29 is 18.1 Å². The van der Waals surface area contributed by atoms with Gasteiger partial charge in [0.05, 0.1) is 16.0 Å². The van der Waals surface area contributed by atoms with Gasteiger partial charge >= 0.3 is 0 Å². The van der Waals surface area contributed by atoms with Crippen LogP contribution in [0.1, 0.15) is 35.2 Å². The lowest BCUT2D eigenvalue weighted by atomic mass is 10.2. The quantitative estimate of drug-likeness (QED) is 0.411. The monoisotopic (exact) mass is 450 g/mol. The molecule has 1 amide bonds. The summed E-state index contributed by atoms with van der Waals surface area (Å²) in [5.41, 5.74) is 2.51. The Morgan fingerprint density at radius 2 is 1.90 bits per heavy atom. The van der Waals surface area contributed by atoms with Crippen molar-refractivity contribution >= 4 is 39.4 Å². The number of hydrogen-bond donors (Lipinski definition) is 1. The standard InChI is InChI=1S/C19H19ClN4O5S/c20-17-8-7-14(11-18(17)24(26)27)13-21-22-19(25)15-5-4-6-16(12-15)30(28,29)23-9-2-1-3-10-23/h4-8,11-13H,1-3,9-10H2,(H,22,25)/b21-13+. The molecule has 1 heterocycles. The number of halogens is 1. The Bertz CT molecular complexity index is 1100. The molecule has 30 heavy (non-hydrogen) atoms. The first kappa shape index (κ1) is 21.9. The second-order valence-electron chi connectivity index (χ2n) is 6.66. The van der Waals surface area contributed by atoms with Crippen LogP contribution in [0.2, 0.25) is 5.02 Å². The van der Waals surface area contributed by atoms with Crippen LogP contribution in [0.5, 0.6) is 0 Å². The predicted octanol–water partition coefficient (Wildman–Crippen LogP) is 3.19. The number of amides is 1. The molecular formula is C19H19ClN4O5S. The first-order valence-corrected chi connectivity index (χ1v) is 11.0. The number of nitro benzene ring substituents is 1. The van der Waals surface area contributed by atoms with Crippen molar-refractivity contribution in [2.24, 2.45) is 5.10 Å². The fraction of sp³-hybridized carbons (Fsp3) is 0.263. The third-order valence-electron chi connectivity index (χ3n) is 4.60. The minimum Gasteiger partial charge on any atom is -0.267 e. The van der Waals surface area contributed by atoms with Crippen LogP contribution in [-0.4, -0.2) is 42.9 Å². The zero-order valence-corrected chi connectivity index (χ0v) is 17.4. The lowest BCUT2D eigenvalue weighted by Gasteiger charge is -2.25. The van der Waals surface area contributed by atoms with E-state index in [1.165, 1.54) is 53.0 Å². The van der Waals surface area contributed by atoms with E-state index in [1.54, 1.807) is 0 Å². The maximum Gasteiger partial charge on any atom is 0.288 e. The van der Waals surface area contributed by atoms with Gasteiger partial charge in [0.15, 0.2) is 0 Å². The summed E-state index contributed by atoms with van der Waals surface area (Å²) in [4.78, 5) is 22.7. The smallest absolute Gasteiger partial charge is 0.267 e. The minimum atomic E-state index is -3.66. The number of carbonyl (C=O) groups excluding carboxylic acids is 1. The predicted molar refractivity (Wildman–Crippen MR) is 112 cm³/mol. The molecule has 1 saturated heterocycles. The van der Waals surface area contributed by atoms with Crippen molar-refractivity contribution in [1.29, 1.82) is 0 Å². The SMILES string of the molecule is O=C(N/N=C/c1ccc(Cl)c([N+](=O)[O-])c1)c1cccc(S(=O)(=O)N2CCCCC2)c1. The van der Waals surface area contributed by atoms with Gasteiger partial charge in [0.2, 0.25) is 10.0 Å². The van der Waals surface area contributed by atoms with Crippen molar-refractivity contribution in [3.05, 3.63) is 68.7 Å². The summed E-state index contributed by atoms with van der Waals surface area (Å²) >= 11 is 5.75. The van der Waals surface area contributed by atoms with Crippen LogP contribution in [0.4, 0.5) is 5.69 Å². The average molecular weight is 451 g/mol. The number of nitro groups is 1. The van der Waals surface area contributed by atoms with Crippen molar-refractivity contribution in [2.75, 3.05) is 13.1 Å². The molecule has 158 valence electrons. The van der Waals surface area contributed by atoms with Crippen LogP contribution >= 0.6 is 11.6 Å². The summed E-state index contributed by atoms with van der Waals surface area (Å²) in [5, 5.41) is 14.7. The molecule has 1 aliphatic rings. The van der Waals surface area contributed by atoms with E-state index in [0.29, 0.717) is 18.7 Å². The van der Waals surface area contributed by atoms with E-state index in [9.17, 15) is 23.3 Å². The second kappa shape index (κ2) is 9.33. The van der Waals surface area contributed by atoms with Gasteiger partial charge in [-0.25, -0.2) is 13.8 Å². The molecule has 0 unspecified atom stereocenters. The lowest BCUT2D eigenvalue weighted by Crippen LogP contribution is -2.35. The number of nitrogens with one attached hydrogen (secondary N) is 1. The van der Waals surface area contributed by atoms with Crippen LogP contribution in [-0.2, 0) is 10.0 Å². The van der Waals surface area contributed by atoms with Gasteiger partial charge in [-0.2, -0.15) is 9.41 Å². The third-order valence-corrected chi connectivity index (χ3v) is 6.81. The van der Waals surface area contributed by atoms with Crippen LogP contribution < -0.4 is 5.43 Å². The highest BCUT2D eigenvalue weighted by Gasteiger charge is 2.26. The van der Waals surface area contributed by atoms with E-state index < -0.39 is 20.9 Å². The normalized spacial score (nSPS) is 15.2. The fourth-order valence-electron chi connectivity index (χ4n) is 3.03. The lowest BCUT2D eigenvalue weighted by molar-refractivity contribution is -0.384. The van der Waals surface area contributed by atoms with Crippen LogP contribution in [0.25, 0.3) is 0 Å². The molecule has 2 aromatic rings. The van der Waals surface area contributed by atoms with E-state index in [-0.39, 0.29) is 21.2 Å². The Morgan fingerprint density at radius 3 is 2.60 bits per heavy atom. The topological polar surface area (TPSA) is 122 Å². The molecule has 0 atom stereocenters. The Kier molecular flexibility index (Phi) is 6.80. The van der Waals surface area contributed by atoms with Crippen molar-refractivity contribution in [3.63, 3.8) is 0 Å². The van der Waals surface area contributed by atoms with Crippen molar-refractivity contribution in [3.8, 4) is 0 Å². The van der Waals surface area contributed by atoms with E-state index in [4.69, 9.17) is 11.6 Å². The Hall–Kier alpha value is -2.82. The Morgan fingerprint density at radius 1 is 1.17 bits per heavy atom. The zero-order chi connectivity index (χ0) is 21.7. The molecule has 1 N–H and O–H groups in total. The van der Waals surface area contributed by atoms with Gasteiger partial charge in [0.1, 0.15) is 5.02 Å². The van der Waals surface area contributed by atoms with Crippen LogP contribution in [0, 0.1) is 10.1 Å². The van der Waals surface area contributed by atoms with Gasteiger partial charge in [0.25, 0.3) is 11.6 Å². The average Bonchev–Trinajstić information content (AvgIpc) is 2.75. The van der Waals surface area contributed by atoms with Gasteiger partial charge in [-0.05, 0) is 37.1 Å². The molecule has 3 rings (SSSR count). The number of carbonyl (C=O) groups is 1. The summed E-state index contributed by atoms with van der Waals surface area (Å²) in [7, 11) is -3.66. The first-order valence-electron chi connectivity index (χ1n) is 9.16. The van der Waals surface area contributed by atoms with Gasteiger partial charge < -0.3 is 0 Å². The summed E-state index contributed by atoms with van der Waals surface area (Å²) in [6.07, 6.45) is 3.87. The van der Waals surface area contributed by atoms with Crippen molar-refractivity contribution in [1.82, 2.24) is 9.73 Å². The van der Waals surface area contributed by atoms with E-state index in [0.717, 1.165) is 19.3 Å². The molecule has 0 bridgehead atoms. The van der Waals surface area contributed by atoms with Crippen LogP contribution in [0.15, 0.2) is 52.5 Å². The molecule has 9 nitrogen and oxygen atoms in total. The fourth-order valence-corrected chi connectivity index (χ4v) is 4.78. The number of sulfonamides is 1. The Balaban J connectivity index is 1.72. The molecule has 11 heteroatoms. The van der Waals surface area contributed by atoms with Gasteiger partial charge in [-0.3, -0.25) is 14.9 Å². The maximum atomic E-state index is 12.8. The summed E-state index contributed by atoms with van der Waals surface area (Å²) in [6.45, 7) is 0.937. The molecule has 0 aromatic heterocycles. The second-order valence-corrected chi connectivity index (χ2v) is 9.00. The molecule has 0 saturated carbocycles. The highest BCUT2D eigenvalue weighted by atomic mass is 35.5.